The molecule has 0 bridgehead atoms. The summed E-state index contributed by atoms with van der Waals surface area (Å²) in [5.74, 6) is 0.404. The molecule has 4 aromatic rings. The van der Waals surface area contributed by atoms with Crippen molar-refractivity contribution < 1.29 is 9.59 Å². The van der Waals surface area contributed by atoms with E-state index in [0.717, 1.165) is 11.1 Å². The Bertz CT molecular complexity index is 1270. The topological polar surface area (TPSA) is 102 Å². The zero-order valence-electron chi connectivity index (χ0n) is 19.0. The molecule has 0 aliphatic carbocycles. The van der Waals surface area contributed by atoms with E-state index in [-0.39, 0.29) is 17.1 Å². The maximum absolute atomic E-state index is 12.6. The van der Waals surface area contributed by atoms with E-state index in [9.17, 15) is 9.59 Å². The molecule has 8 nitrogen and oxygen atoms in total. The van der Waals surface area contributed by atoms with Crippen molar-refractivity contribution in [3.63, 3.8) is 0 Å². The Kier molecular flexibility index (Phi) is 7.39. The molecule has 0 aliphatic rings. The minimum atomic E-state index is -0.320. The zero-order chi connectivity index (χ0) is 24.1. The lowest BCUT2D eigenvalue weighted by atomic mass is 10.1. The Balaban J connectivity index is 1.43. The number of aryl methyl sites for hydroxylation is 1. The smallest absolute Gasteiger partial charge is 0.255 e. The van der Waals surface area contributed by atoms with Crippen molar-refractivity contribution in [2.45, 2.75) is 30.7 Å². The average molecular weight is 493 g/mol. The molecule has 34 heavy (non-hydrogen) atoms. The Hall–Kier alpha value is -3.50. The van der Waals surface area contributed by atoms with Gasteiger partial charge in [-0.2, -0.15) is 0 Å². The highest BCUT2D eigenvalue weighted by atomic mass is 32.2. The molecule has 10 heteroatoms. The normalized spacial score (nSPS) is 11.7. The monoisotopic (exact) mass is 492 g/mol. The Morgan fingerprint density at radius 3 is 2.44 bits per heavy atom. The molecule has 2 aromatic heterocycles. The number of aromatic nitrogens is 4. The van der Waals surface area contributed by atoms with Crippen molar-refractivity contribution >= 4 is 45.7 Å². The summed E-state index contributed by atoms with van der Waals surface area (Å²) in [4.78, 5) is 29.2. The molecule has 2 heterocycles. The molecule has 2 amide bonds. The Morgan fingerprint density at radius 2 is 1.79 bits per heavy atom. The fraction of sp³-hybridized carbons (Fsp3) is 0.208. The second kappa shape index (κ2) is 10.6. The van der Waals surface area contributed by atoms with Gasteiger partial charge in [-0.1, -0.05) is 36.4 Å². The lowest BCUT2D eigenvalue weighted by Crippen LogP contribution is -2.24. The SMILES string of the molecule is CCC(Sc1nnc(-c2ccc(NC(=O)c3ccc(C)cc3)cc2)n1C)C(=O)Nc1nccs1. The standard InChI is InChI=1S/C24H24N6O2S2/c1-4-19(22(32)27-23-25-13-14-33-23)34-24-29-28-20(30(24)3)16-9-11-18(12-10-16)26-21(31)17-7-5-15(2)6-8-17/h5-14,19H,4H2,1-3H3,(H,26,31)(H,25,27,32). The molecule has 0 spiro atoms. The number of nitrogens with one attached hydrogen (secondary N) is 2. The van der Waals surface area contributed by atoms with E-state index in [2.05, 4.69) is 25.8 Å². The second-order valence-corrected chi connectivity index (χ2v) is 9.67. The molecule has 4 rings (SSSR count). The third-order valence-corrected chi connectivity index (χ3v) is 7.21. The summed E-state index contributed by atoms with van der Waals surface area (Å²) in [7, 11) is 1.87. The van der Waals surface area contributed by atoms with Crippen molar-refractivity contribution in [2.75, 3.05) is 10.6 Å². The number of rotatable bonds is 8. The van der Waals surface area contributed by atoms with Gasteiger partial charge in [-0.15, -0.1) is 21.5 Å². The first-order chi connectivity index (χ1) is 16.4. The molecule has 2 N–H and O–H groups in total. The van der Waals surface area contributed by atoms with Gasteiger partial charge in [0.2, 0.25) is 5.91 Å². The first-order valence-corrected chi connectivity index (χ1v) is 12.5. The van der Waals surface area contributed by atoms with Gasteiger partial charge in [0.15, 0.2) is 16.1 Å². The Labute approximate surface area is 205 Å². The number of nitrogens with zero attached hydrogens (tertiary/aromatic N) is 4. The van der Waals surface area contributed by atoms with Crippen LogP contribution in [0.15, 0.2) is 65.3 Å². The van der Waals surface area contributed by atoms with Crippen molar-refractivity contribution in [1.82, 2.24) is 19.7 Å². The number of thioether (sulfide) groups is 1. The van der Waals surface area contributed by atoms with Crippen LogP contribution in [0.4, 0.5) is 10.8 Å². The molecular formula is C24H24N6O2S2. The molecular weight excluding hydrogens is 468 g/mol. The summed E-state index contributed by atoms with van der Waals surface area (Å²) >= 11 is 2.75. The average Bonchev–Trinajstić information content (AvgIpc) is 3.48. The molecule has 0 fully saturated rings. The highest BCUT2D eigenvalue weighted by Crippen LogP contribution is 2.28. The minimum Gasteiger partial charge on any atom is -0.322 e. The molecule has 174 valence electrons. The van der Waals surface area contributed by atoms with Crippen LogP contribution in [0.3, 0.4) is 0 Å². The summed E-state index contributed by atoms with van der Waals surface area (Å²) in [5.41, 5.74) is 3.26. The van der Waals surface area contributed by atoms with E-state index < -0.39 is 0 Å². The van der Waals surface area contributed by atoms with Gasteiger partial charge in [-0.3, -0.25) is 9.59 Å². The lowest BCUT2D eigenvalue weighted by molar-refractivity contribution is -0.115. The number of thiazole rings is 1. The van der Waals surface area contributed by atoms with Gasteiger partial charge in [0.05, 0.1) is 5.25 Å². The summed E-state index contributed by atoms with van der Waals surface area (Å²) in [6.07, 6.45) is 2.29. The molecule has 0 saturated heterocycles. The van der Waals surface area contributed by atoms with Crippen molar-refractivity contribution in [3.8, 4) is 11.4 Å². The van der Waals surface area contributed by atoms with Crippen LogP contribution in [0.5, 0.6) is 0 Å². The lowest BCUT2D eigenvalue weighted by Gasteiger charge is -2.13. The maximum Gasteiger partial charge on any atom is 0.255 e. The van der Waals surface area contributed by atoms with Crippen LogP contribution in [0.2, 0.25) is 0 Å². The van der Waals surface area contributed by atoms with E-state index in [4.69, 9.17) is 0 Å². The third kappa shape index (κ3) is 5.52. The van der Waals surface area contributed by atoms with E-state index >= 15 is 0 Å². The van der Waals surface area contributed by atoms with E-state index in [1.165, 1.54) is 23.1 Å². The largest absolute Gasteiger partial charge is 0.322 e. The summed E-state index contributed by atoms with van der Waals surface area (Å²) in [6, 6.07) is 14.9. The summed E-state index contributed by atoms with van der Waals surface area (Å²) in [5, 5.41) is 17.1. The van der Waals surface area contributed by atoms with Crippen LogP contribution in [-0.2, 0) is 11.8 Å². The molecule has 0 aliphatic heterocycles. The molecule has 0 radical (unpaired) electrons. The number of hydrogen-bond donors (Lipinski definition) is 2. The third-order valence-electron chi connectivity index (χ3n) is 5.12. The van der Waals surface area contributed by atoms with Gasteiger partial charge >= 0.3 is 0 Å². The van der Waals surface area contributed by atoms with Gasteiger partial charge < -0.3 is 15.2 Å². The minimum absolute atomic E-state index is 0.110. The summed E-state index contributed by atoms with van der Waals surface area (Å²) < 4.78 is 1.86. The predicted molar refractivity (Wildman–Crippen MR) is 136 cm³/mol. The number of carbonyl (C=O) groups excluding carboxylic acids is 2. The number of hydrogen-bond acceptors (Lipinski definition) is 7. The van der Waals surface area contributed by atoms with Crippen LogP contribution in [-0.4, -0.2) is 36.8 Å². The number of benzene rings is 2. The van der Waals surface area contributed by atoms with Crippen LogP contribution >= 0.6 is 23.1 Å². The van der Waals surface area contributed by atoms with Crippen molar-refractivity contribution in [2.24, 2.45) is 7.05 Å². The van der Waals surface area contributed by atoms with Gasteiger partial charge in [-0.05, 0) is 49.7 Å². The van der Waals surface area contributed by atoms with Crippen molar-refractivity contribution in [3.05, 3.63) is 71.2 Å². The van der Waals surface area contributed by atoms with Crippen molar-refractivity contribution in [1.29, 1.82) is 0 Å². The second-order valence-electron chi connectivity index (χ2n) is 7.60. The van der Waals surface area contributed by atoms with Crippen LogP contribution in [0, 0.1) is 6.92 Å². The van der Waals surface area contributed by atoms with E-state index in [1.54, 1.807) is 18.3 Å². The first-order valence-electron chi connectivity index (χ1n) is 10.7. The quantitative estimate of drug-likeness (QED) is 0.335. The molecule has 1 atom stereocenters. The fourth-order valence-corrected chi connectivity index (χ4v) is 4.65. The van der Waals surface area contributed by atoms with Crippen LogP contribution in [0.25, 0.3) is 11.4 Å². The van der Waals surface area contributed by atoms with Crippen LogP contribution in [0.1, 0.15) is 29.3 Å². The van der Waals surface area contributed by atoms with E-state index in [0.29, 0.717) is 33.8 Å². The number of carbonyl (C=O) groups is 2. The summed E-state index contributed by atoms with van der Waals surface area (Å²) in [6.45, 7) is 3.94. The van der Waals surface area contributed by atoms with Gasteiger partial charge in [0.25, 0.3) is 5.91 Å². The molecule has 0 saturated carbocycles. The highest BCUT2D eigenvalue weighted by molar-refractivity contribution is 8.00. The first kappa shape index (κ1) is 23.7. The highest BCUT2D eigenvalue weighted by Gasteiger charge is 2.22. The number of anilines is 2. The van der Waals surface area contributed by atoms with Gasteiger partial charge in [0, 0.05) is 35.4 Å². The Morgan fingerprint density at radius 1 is 1.06 bits per heavy atom. The maximum atomic E-state index is 12.6. The van der Waals surface area contributed by atoms with E-state index in [1.807, 2.05) is 67.2 Å². The number of amides is 2. The van der Waals surface area contributed by atoms with Crippen LogP contribution < -0.4 is 10.6 Å². The molecule has 2 aromatic carbocycles. The van der Waals surface area contributed by atoms with Gasteiger partial charge in [0.1, 0.15) is 0 Å². The predicted octanol–water partition coefficient (Wildman–Crippen LogP) is 5.01. The molecule has 1 unspecified atom stereocenters. The zero-order valence-corrected chi connectivity index (χ0v) is 20.6. The fourth-order valence-electron chi connectivity index (χ4n) is 3.20. The van der Waals surface area contributed by atoms with Gasteiger partial charge in [-0.25, -0.2) is 4.98 Å².